The Morgan fingerprint density at radius 1 is 1.09 bits per heavy atom. The molecule has 0 radical (unpaired) electrons. The molecule has 2 aromatic rings. The maximum absolute atomic E-state index is 12.7. The third kappa shape index (κ3) is 3.76. The maximum atomic E-state index is 12.7. The Morgan fingerprint density at radius 3 is 2.57 bits per heavy atom. The van der Waals surface area contributed by atoms with E-state index in [-0.39, 0.29) is 5.75 Å². The quantitative estimate of drug-likeness (QED) is 0.811. The summed E-state index contributed by atoms with van der Waals surface area (Å²) in [5.74, 6) is 0.150. The molecule has 0 aliphatic carbocycles. The van der Waals surface area contributed by atoms with E-state index >= 15 is 0 Å². The fourth-order valence-corrected chi connectivity index (χ4v) is 2.66. The van der Waals surface area contributed by atoms with E-state index in [9.17, 15) is 8.78 Å². The second kappa shape index (κ2) is 6.91. The van der Waals surface area contributed by atoms with Gasteiger partial charge in [0.25, 0.3) is 0 Å². The summed E-state index contributed by atoms with van der Waals surface area (Å²) in [4.78, 5) is 2.23. The molecule has 1 aliphatic heterocycles. The number of fused-ring (bicyclic) bond motifs is 1. The lowest BCUT2D eigenvalue weighted by atomic mass is 10.0. The molecule has 4 nitrogen and oxygen atoms in total. The molecule has 1 saturated heterocycles. The van der Waals surface area contributed by atoms with Gasteiger partial charge >= 0.3 is 6.61 Å². The Hall–Kier alpha value is -2.21. The van der Waals surface area contributed by atoms with Crippen LogP contribution in [0.4, 0.5) is 8.78 Å². The zero-order chi connectivity index (χ0) is 16.2. The highest BCUT2D eigenvalue weighted by molar-refractivity contribution is 6.02. The summed E-state index contributed by atoms with van der Waals surface area (Å²) in [6.07, 6.45) is 1.63. The Labute approximate surface area is 133 Å². The molecule has 3 rings (SSSR count). The van der Waals surface area contributed by atoms with Crippen molar-refractivity contribution in [2.45, 2.75) is 6.61 Å². The predicted octanol–water partition coefficient (Wildman–Crippen LogP) is 3.02. The van der Waals surface area contributed by atoms with E-state index in [1.54, 1.807) is 18.3 Å². The smallest absolute Gasteiger partial charge is 0.387 e. The summed E-state index contributed by atoms with van der Waals surface area (Å²) in [5, 5.41) is 8.23. The average Bonchev–Trinajstić information content (AvgIpc) is 2.55. The molecule has 122 valence electrons. The first-order chi connectivity index (χ1) is 11.1. The van der Waals surface area contributed by atoms with Crippen LogP contribution in [0.1, 0.15) is 5.56 Å². The van der Waals surface area contributed by atoms with E-state index in [2.05, 4.69) is 21.8 Å². The number of hydrazone groups is 1. The molecule has 0 atom stereocenters. The number of piperazine rings is 1. The minimum Gasteiger partial charge on any atom is -0.434 e. The topological polar surface area (TPSA) is 28.1 Å². The second-order valence-corrected chi connectivity index (χ2v) is 5.58. The van der Waals surface area contributed by atoms with Crippen molar-refractivity contribution < 1.29 is 13.5 Å². The second-order valence-electron chi connectivity index (χ2n) is 5.58. The summed E-state index contributed by atoms with van der Waals surface area (Å²) in [6.45, 7) is 0.665. The van der Waals surface area contributed by atoms with Crippen molar-refractivity contribution in [1.29, 1.82) is 0 Å². The number of ether oxygens (including phenoxy) is 1. The number of likely N-dealkylation sites (N-methyl/N-ethyl adjacent to an activating group) is 1. The number of nitrogens with zero attached hydrogens (tertiary/aromatic N) is 3. The fraction of sp³-hybridized carbons (Fsp3) is 0.353. The van der Waals surface area contributed by atoms with Crippen molar-refractivity contribution in [2.75, 3.05) is 33.2 Å². The van der Waals surface area contributed by atoms with Gasteiger partial charge in [-0.05, 0) is 23.9 Å². The van der Waals surface area contributed by atoms with Crippen molar-refractivity contribution in [3.05, 3.63) is 42.0 Å². The number of alkyl halides is 2. The lowest BCUT2D eigenvalue weighted by Gasteiger charge is -2.30. The number of hydrogen-bond donors (Lipinski definition) is 0. The largest absolute Gasteiger partial charge is 0.434 e. The van der Waals surface area contributed by atoms with Crippen LogP contribution in [0.5, 0.6) is 5.75 Å². The minimum absolute atomic E-state index is 0.150. The zero-order valence-corrected chi connectivity index (χ0v) is 13.0. The average molecular weight is 319 g/mol. The summed E-state index contributed by atoms with van der Waals surface area (Å²) in [7, 11) is 2.07. The molecule has 1 aliphatic rings. The third-order valence-corrected chi connectivity index (χ3v) is 3.98. The molecule has 0 N–H and O–H groups in total. The van der Waals surface area contributed by atoms with Gasteiger partial charge in [0.15, 0.2) is 0 Å². The molecule has 0 bridgehead atoms. The zero-order valence-electron chi connectivity index (χ0n) is 13.0. The van der Waals surface area contributed by atoms with Crippen LogP contribution in [0.2, 0.25) is 0 Å². The van der Waals surface area contributed by atoms with Crippen molar-refractivity contribution in [2.24, 2.45) is 5.10 Å². The molecule has 1 heterocycles. The van der Waals surface area contributed by atoms with Gasteiger partial charge in [0, 0.05) is 31.7 Å². The summed E-state index contributed by atoms with van der Waals surface area (Å²) in [5.41, 5.74) is 0.585. The lowest BCUT2D eigenvalue weighted by Crippen LogP contribution is -2.41. The molecular formula is C17H19F2N3O. The van der Waals surface area contributed by atoms with Crippen molar-refractivity contribution in [3.63, 3.8) is 0 Å². The Kier molecular flexibility index (Phi) is 4.71. The predicted molar refractivity (Wildman–Crippen MR) is 87.2 cm³/mol. The number of rotatable bonds is 4. The highest BCUT2D eigenvalue weighted by Gasteiger charge is 2.14. The Bertz CT molecular complexity index is 697. The van der Waals surface area contributed by atoms with Crippen LogP contribution >= 0.6 is 0 Å². The molecule has 0 amide bonds. The van der Waals surface area contributed by atoms with Gasteiger partial charge in [0.2, 0.25) is 0 Å². The molecule has 0 saturated carbocycles. The summed E-state index contributed by atoms with van der Waals surface area (Å²) < 4.78 is 30.0. The first kappa shape index (κ1) is 15.7. The van der Waals surface area contributed by atoms with Gasteiger partial charge in [-0.3, -0.25) is 5.01 Å². The van der Waals surface area contributed by atoms with Crippen molar-refractivity contribution in [3.8, 4) is 5.75 Å². The first-order valence-electron chi connectivity index (χ1n) is 7.57. The molecule has 0 spiro atoms. The summed E-state index contributed by atoms with van der Waals surface area (Å²) >= 11 is 0. The van der Waals surface area contributed by atoms with Gasteiger partial charge in [-0.25, -0.2) is 0 Å². The molecule has 23 heavy (non-hydrogen) atoms. The van der Waals surface area contributed by atoms with Gasteiger partial charge in [-0.1, -0.05) is 30.3 Å². The van der Waals surface area contributed by atoms with Gasteiger partial charge in [-0.2, -0.15) is 13.9 Å². The molecule has 0 aromatic heterocycles. The minimum atomic E-state index is -2.85. The third-order valence-electron chi connectivity index (χ3n) is 3.98. The molecule has 1 fully saturated rings. The monoisotopic (exact) mass is 319 g/mol. The molecule has 6 heteroatoms. The van der Waals surface area contributed by atoms with Crippen LogP contribution in [-0.4, -0.2) is 56.0 Å². The molecule has 2 aromatic carbocycles. The first-order valence-corrected chi connectivity index (χ1v) is 7.57. The number of benzene rings is 2. The molecular weight excluding hydrogens is 300 g/mol. The highest BCUT2D eigenvalue weighted by Crippen LogP contribution is 2.28. The Morgan fingerprint density at radius 2 is 1.83 bits per heavy atom. The number of hydrogen-bond acceptors (Lipinski definition) is 4. The van der Waals surface area contributed by atoms with E-state index < -0.39 is 6.61 Å². The highest BCUT2D eigenvalue weighted by atomic mass is 19.3. The normalized spacial score (nSPS) is 16.6. The van der Waals surface area contributed by atoms with E-state index in [4.69, 9.17) is 0 Å². The van der Waals surface area contributed by atoms with Crippen LogP contribution in [0.25, 0.3) is 10.8 Å². The van der Waals surface area contributed by atoms with E-state index in [0.717, 1.165) is 37.0 Å². The standard InChI is InChI=1S/C17H19F2N3O/c1-21-8-10-22(11-9-21)20-12-15-14-5-3-2-4-13(14)6-7-16(15)23-17(18)19/h2-7,12,17H,8-11H2,1H3/b20-12-. The van der Waals surface area contributed by atoms with Gasteiger partial charge in [0.05, 0.1) is 6.21 Å². The van der Waals surface area contributed by atoms with Crippen molar-refractivity contribution in [1.82, 2.24) is 9.91 Å². The fourth-order valence-electron chi connectivity index (χ4n) is 2.66. The van der Waals surface area contributed by atoms with E-state index in [1.807, 2.05) is 29.3 Å². The number of halogens is 2. The summed E-state index contributed by atoms with van der Waals surface area (Å²) in [6, 6.07) is 11.0. The van der Waals surface area contributed by atoms with E-state index in [0.29, 0.717) is 5.56 Å². The van der Waals surface area contributed by atoms with E-state index in [1.165, 1.54) is 0 Å². The van der Waals surface area contributed by atoms with Crippen LogP contribution in [0.3, 0.4) is 0 Å². The van der Waals surface area contributed by atoms with Gasteiger partial charge in [0.1, 0.15) is 5.75 Å². The Balaban J connectivity index is 1.93. The lowest BCUT2D eigenvalue weighted by molar-refractivity contribution is -0.0498. The van der Waals surface area contributed by atoms with Crippen LogP contribution in [-0.2, 0) is 0 Å². The van der Waals surface area contributed by atoms with Crippen LogP contribution < -0.4 is 4.74 Å². The van der Waals surface area contributed by atoms with Gasteiger partial charge in [-0.15, -0.1) is 0 Å². The SMILES string of the molecule is CN1CCN(/N=C\c2c(OC(F)F)ccc3ccccc23)CC1. The molecule has 0 unspecified atom stereocenters. The van der Waals surface area contributed by atoms with Crippen LogP contribution in [0.15, 0.2) is 41.5 Å². The van der Waals surface area contributed by atoms with Gasteiger partial charge < -0.3 is 9.64 Å². The van der Waals surface area contributed by atoms with Crippen LogP contribution in [0, 0.1) is 0 Å². The maximum Gasteiger partial charge on any atom is 0.387 e. The van der Waals surface area contributed by atoms with Crippen molar-refractivity contribution >= 4 is 17.0 Å².